The Labute approximate surface area is 166 Å². The van der Waals surface area contributed by atoms with Gasteiger partial charge in [0.1, 0.15) is 13.2 Å². The number of nitrogens with zero attached hydrogens (tertiary/aromatic N) is 2. The monoisotopic (exact) mass is 401 g/mol. The fraction of sp³-hybridized carbons (Fsp3) is 0.263. The predicted octanol–water partition coefficient (Wildman–Crippen LogP) is 2.08. The molecule has 0 bridgehead atoms. The Morgan fingerprint density at radius 1 is 1.17 bits per heavy atom. The van der Waals surface area contributed by atoms with Crippen LogP contribution >= 0.6 is 0 Å². The van der Waals surface area contributed by atoms with Crippen LogP contribution in [0.5, 0.6) is 23.0 Å². The molecule has 1 aliphatic rings. The van der Waals surface area contributed by atoms with E-state index in [1.807, 2.05) is 0 Å². The fourth-order valence-corrected chi connectivity index (χ4v) is 2.74. The molecule has 0 fully saturated rings. The molecule has 0 unspecified atom stereocenters. The SMILES string of the molecule is COc1cc(/C=N\NC(=O)Cc2ccc3c(c2)OCCO3)c([N+](=O)[O-])cc1OC. The van der Waals surface area contributed by atoms with Crippen molar-refractivity contribution in [1.82, 2.24) is 5.43 Å². The maximum absolute atomic E-state index is 12.1. The minimum absolute atomic E-state index is 0.0575. The van der Waals surface area contributed by atoms with Gasteiger partial charge in [-0.15, -0.1) is 0 Å². The average Bonchev–Trinajstić information content (AvgIpc) is 2.73. The molecule has 0 aromatic heterocycles. The second-order valence-corrected chi connectivity index (χ2v) is 5.97. The molecule has 0 saturated heterocycles. The van der Waals surface area contributed by atoms with Gasteiger partial charge in [-0.2, -0.15) is 5.10 Å². The van der Waals surface area contributed by atoms with Crippen molar-refractivity contribution in [3.05, 3.63) is 51.6 Å². The quantitative estimate of drug-likeness (QED) is 0.428. The van der Waals surface area contributed by atoms with Crippen LogP contribution in [0.2, 0.25) is 0 Å². The Morgan fingerprint density at radius 2 is 1.86 bits per heavy atom. The zero-order chi connectivity index (χ0) is 20.8. The highest BCUT2D eigenvalue weighted by Crippen LogP contribution is 2.33. The molecule has 1 aliphatic heterocycles. The van der Waals surface area contributed by atoms with Gasteiger partial charge in [-0.25, -0.2) is 5.43 Å². The molecule has 1 N–H and O–H groups in total. The molecule has 0 saturated carbocycles. The average molecular weight is 401 g/mol. The molecule has 3 rings (SSSR count). The summed E-state index contributed by atoms with van der Waals surface area (Å²) in [4.78, 5) is 22.9. The number of carbonyl (C=O) groups excluding carboxylic acids is 1. The lowest BCUT2D eigenvalue weighted by atomic mass is 10.1. The standard InChI is InChI=1S/C19H19N3O7/c1-26-16-9-13(14(22(24)25)10-17(16)27-2)11-20-21-19(23)8-12-3-4-15-18(7-12)29-6-5-28-15/h3-4,7,9-11H,5-6,8H2,1-2H3,(H,21,23)/b20-11-. The van der Waals surface area contributed by atoms with E-state index in [4.69, 9.17) is 18.9 Å². The first-order valence-electron chi connectivity index (χ1n) is 8.62. The Balaban J connectivity index is 1.69. The minimum atomic E-state index is -0.569. The summed E-state index contributed by atoms with van der Waals surface area (Å²) < 4.78 is 21.1. The van der Waals surface area contributed by atoms with E-state index in [1.165, 1.54) is 32.6 Å². The predicted molar refractivity (Wildman–Crippen MR) is 103 cm³/mol. The van der Waals surface area contributed by atoms with Crippen LogP contribution in [-0.2, 0) is 11.2 Å². The van der Waals surface area contributed by atoms with E-state index >= 15 is 0 Å². The van der Waals surface area contributed by atoms with Gasteiger partial charge < -0.3 is 18.9 Å². The first-order chi connectivity index (χ1) is 14.0. The first-order valence-corrected chi connectivity index (χ1v) is 8.62. The number of nitro groups is 1. The van der Waals surface area contributed by atoms with Crippen molar-refractivity contribution in [2.24, 2.45) is 5.10 Å². The number of nitro benzene ring substituents is 1. The number of amides is 1. The summed E-state index contributed by atoms with van der Waals surface area (Å²) >= 11 is 0. The molecule has 2 aromatic rings. The molecule has 10 heteroatoms. The third kappa shape index (κ3) is 4.72. The molecular weight excluding hydrogens is 382 g/mol. The number of hydrogen-bond donors (Lipinski definition) is 1. The molecule has 29 heavy (non-hydrogen) atoms. The van der Waals surface area contributed by atoms with Crippen LogP contribution in [0.25, 0.3) is 0 Å². The molecule has 0 atom stereocenters. The van der Waals surface area contributed by atoms with E-state index in [0.717, 1.165) is 5.56 Å². The van der Waals surface area contributed by atoms with Gasteiger partial charge in [0.2, 0.25) is 5.91 Å². The molecule has 0 radical (unpaired) electrons. The Bertz CT molecular complexity index is 959. The summed E-state index contributed by atoms with van der Waals surface area (Å²) in [6.07, 6.45) is 1.24. The lowest BCUT2D eigenvalue weighted by molar-refractivity contribution is -0.385. The van der Waals surface area contributed by atoms with Crippen LogP contribution in [0.15, 0.2) is 35.4 Å². The summed E-state index contributed by atoms with van der Waals surface area (Å²) in [6, 6.07) is 7.88. The van der Waals surface area contributed by atoms with Crippen molar-refractivity contribution in [2.45, 2.75) is 6.42 Å². The second kappa shape index (κ2) is 8.91. The topological polar surface area (TPSA) is 122 Å². The number of nitrogens with one attached hydrogen (secondary N) is 1. The number of methoxy groups -OCH3 is 2. The van der Waals surface area contributed by atoms with Crippen LogP contribution in [0, 0.1) is 10.1 Å². The maximum atomic E-state index is 12.1. The van der Waals surface area contributed by atoms with Gasteiger partial charge in [-0.1, -0.05) is 6.07 Å². The molecular formula is C19H19N3O7. The normalized spacial score (nSPS) is 12.5. The number of ether oxygens (including phenoxy) is 4. The van der Waals surface area contributed by atoms with Crippen LogP contribution in [-0.4, -0.2) is 44.5 Å². The lowest BCUT2D eigenvalue weighted by Crippen LogP contribution is -2.20. The van der Waals surface area contributed by atoms with Crippen molar-refractivity contribution in [3.8, 4) is 23.0 Å². The second-order valence-electron chi connectivity index (χ2n) is 5.97. The summed E-state index contributed by atoms with van der Waals surface area (Å²) in [7, 11) is 2.80. The Hall–Kier alpha value is -3.82. The van der Waals surface area contributed by atoms with Gasteiger partial charge in [0, 0.05) is 0 Å². The molecule has 1 heterocycles. The van der Waals surface area contributed by atoms with E-state index in [2.05, 4.69) is 10.5 Å². The molecule has 0 spiro atoms. The van der Waals surface area contributed by atoms with Gasteiger partial charge in [0.25, 0.3) is 5.69 Å². The number of fused-ring (bicyclic) bond motifs is 1. The number of rotatable bonds is 7. The summed E-state index contributed by atoms with van der Waals surface area (Å²) in [5, 5.41) is 15.1. The van der Waals surface area contributed by atoms with E-state index in [0.29, 0.717) is 30.5 Å². The Morgan fingerprint density at radius 3 is 2.55 bits per heavy atom. The van der Waals surface area contributed by atoms with Crippen LogP contribution in [0.4, 0.5) is 5.69 Å². The van der Waals surface area contributed by atoms with E-state index < -0.39 is 4.92 Å². The molecule has 10 nitrogen and oxygen atoms in total. The van der Waals surface area contributed by atoms with Gasteiger partial charge in [0.15, 0.2) is 23.0 Å². The molecule has 0 aliphatic carbocycles. The largest absolute Gasteiger partial charge is 0.493 e. The zero-order valence-electron chi connectivity index (χ0n) is 15.8. The van der Waals surface area contributed by atoms with Crippen molar-refractivity contribution in [3.63, 3.8) is 0 Å². The fourth-order valence-electron chi connectivity index (χ4n) is 2.74. The zero-order valence-corrected chi connectivity index (χ0v) is 15.8. The first kappa shape index (κ1) is 19.9. The third-order valence-electron chi connectivity index (χ3n) is 4.09. The number of hydrogen-bond acceptors (Lipinski definition) is 8. The summed E-state index contributed by atoms with van der Waals surface area (Å²) in [5.41, 5.74) is 3.01. The summed E-state index contributed by atoms with van der Waals surface area (Å²) in [6.45, 7) is 0.945. The van der Waals surface area contributed by atoms with Gasteiger partial charge in [-0.3, -0.25) is 14.9 Å². The molecule has 2 aromatic carbocycles. The summed E-state index contributed by atoms with van der Waals surface area (Å²) in [5.74, 6) is 1.37. The maximum Gasteiger partial charge on any atom is 0.282 e. The van der Waals surface area contributed by atoms with E-state index in [1.54, 1.807) is 18.2 Å². The van der Waals surface area contributed by atoms with Crippen molar-refractivity contribution < 1.29 is 28.7 Å². The smallest absolute Gasteiger partial charge is 0.282 e. The van der Waals surface area contributed by atoms with E-state index in [-0.39, 0.29) is 29.3 Å². The molecule has 152 valence electrons. The highest BCUT2D eigenvalue weighted by Gasteiger charge is 2.18. The van der Waals surface area contributed by atoms with Crippen molar-refractivity contribution >= 4 is 17.8 Å². The van der Waals surface area contributed by atoms with Crippen molar-refractivity contribution in [1.29, 1.82) is 0 Å². The Kier molecular flexibility index (Phi) is 6.12. The molecule has 1 amide bonds. The van der Waals surface area contributed by atoms with E-state index in [9.17, 15) is 14.9 Å². The third-order valence-corrected chi connectivity index (χ3v) is 4.09. The highest BCUT2D eigenvalue weighted by atomic mass is 16.6. The van der Waals surface area contributed by atoms with Crippen LogP contribution in [0.1, 0.15) is 11.1 Å². The van der Waals surface area contributed by atoms with Crippen LogP contribution < -0.4 is 24.4 Å². The van der Waals surface area contributed by atoms with Gasteiger partial charge in [0.05, 0.1) is 43.4 Å². The highest BCUT2D eigenvalue weighted by molar-refractivity contribution is 5.88. The van der Waals surface area contributed by atoms with Crippen molar-refractivity contribution in [2.75, 3.05) is 27.4 Å². The minimum Gasteiger partial charge on any atom is -0.493 e. The van der Waals surface area contributed by atoms with Crippen LogP contribution in [0.3, 0.4) is 0 Å². The number of carbonyl (C=O) groups is 1. The van der Waals surface area contributed by atoms with Gasteiger partial charge in [-0.05, 0) is 23.8 Å². The lowest BCUT2D eigenvalue weighted by Gasteiger charge is -2.18. The number of hydrazone groups is 1. The number of benzene rings is 2. The van der Waals surface area contributed by atoms with Gasteiger partial charge >= 0.3 is 0 Å².